The van der Waals surface area contributed by atoms with Crippen LogP contribution >= 0.6 is 0 Å². The summed E-state index contributed by atoms with van der Waals surface area (Å²) >= 11 is 0. The molecule has 0 amide bonds. The molecule has 2 aromatic rings. The highest BCUT2D eigenvalue weighted by atomic mass is 14.9. The Morgan fingerprint density at radius 3 is 2.00 bits per heavy atom. The van der Waals surface area contributed by atoms with E-state index in [0.717, 1.165) is 12.5 Å². The van der Waals surface area contributed by atoms with Gasteiger partial charge in [-0.1, -0.05) is 60.7 Å². The topological polar surface area (TPSA) is 12.0 Å². The minimum atomic E-state index is 0.690. The fraction of sp³-hybridized carbons (Fsp3) is 0.368. The minimum absolute atomic E-state index is 0.690. The monoisotopic (exact) mass is 265 g/mol. The van der Waals surface area contributed by atoms with Gasteiger partial charge in [-0.05, 0) is 42.7 Å². The van der Waals surface area contributed by atoms with Gasteiger partial charge in [-0.2, -0.15) is 0 Å². The molecule has 1 N–H and O–H groups in total. The average molecular weight is 265 g/mol. The highest BCUT2D eigenvalue weighted by Gasteiger charge is 2.21. The third-order valence-electron chi connectivity index (χ3n) is 4.44. The molecule has 20 heavy (non-hydrogen) atoms. The normalized spacial score (nSPS) is 22.6. The van der Waals surface area contributed by atoms with Crippen LogP contribution in [0.4, 0.5) is 0 Å². The zero-order valence-corrected chi connectivity index (χ0v) is 12.0. The molecular weight excluding hydrogens is 242 g/mol. The van der Waals surface area contributed by atoms with Crippen molar-refractivity contribution in [3.8, 4) is 0 Å². The Balaban J connectivity index is 1.47. The van der Waals surface area contributed by atoms with Crippen LogP contribution in [0.25, 0.3) is 0 Å². The highest BCUT2D eigenvalue weighted by molar-refractivity contribution is 5.20. The van der Waals surface area contributed by atoms with Crippen LogP contribution in [0.1, 0.15) is 42.7 Å². The van der Waals surface area contributed by atoms with E-state index in [4.69, 9.17) is 0 Å². The van der Waals surface area contributed by atoms with Crippen LogP contribution in [0.2, 0.25) is 0 Å². The molecule has 104 valence electrons. The van der Waals surface area contributed by atoms with Gasteiger partial charge in [0.05, 0.1) is 0 Å². The molecule has 0 aliphatic heterocycles. The second-order valence-electron chi connectivity index (χ2n) is 5.83. The molecule has 1 nitrogen and oxygen atoms in total. The summed E-state index contributed by atoms with van der Waals surface area (Å²) in [5.74, 6) is 0.769. The summed E-state index contributed by atoms with van der Waals surface area (Å²) in [6.45, 7) is 1.00. The van der Waals surface area contributed by atoms with Crippen molar-refractivity contribution >= 4 is 0 Å². The fourth-order valence-electron chi connectivity index (χ4n) is 3.21. The zero-order chi connectivity index (χ0) is 13.6. The number of hydrogen-bond donors (Lipinski definition) is 1. The van der Waals surface area contributed by atoms with Crippen LogP contribution in [0.15, 0.2) is 60.7 Å². The van der Waals surface area contributed by atoms with Crippen molar-refractivity contribution in [1.29, 1.82) is 0 Å². The van der Waals surface area contributed by atoms with E-state index in [1.54, 1.807) is 0 Å². The molecule has 0 aromatic heterocycles. The van der Waals surface area contributed by atoms with Crippen molar-refractivity contribution in [3.63, 3.8) is 0 Å². The maximum Gasteiger partial charge on any atom is 0.0208 e. The summed E-state index contributed by atoms with van der Waals surface area (Å²) in [4.78, 5) is 0. The molecule has 0 radical (unpaired) electrons. The van der Waals surface area contributed by atoms with Gasteiger partial charge >= 0.3 is 0 Å². The molecule has 0 atom stereocenters. The molecule has 3 rings (SSSR count). The van der Waals surface area contributed by atoms with E-state index < -0.39 is 0 Å². The van der Waals surface area contributed by atoms with Crippen molar-refractivity contribution in [2.24, 2.45) is 0 Å². The van der Waals surface area contributed by atoms with E-state index in [9.17, 15) is 0 Å². The molecule has 0 saturated heterocycles. The molecular formula is C19H23N. The van der Waals surface area contributed by atoms with Gasteiger partial charge in [0, 0.05) is 12.6 Å². The van der Waals surface area contributed by atoms with Crippen molar-refractivity contribution < 1.29 is 0 Å². The van der Waals surface area contributed by atoms with Crippen LogP contribution < -0.4 is 5.32 Å². The Kier molecular flexibility index (Phi) is 4.49. The van der Waals surface area contributed by atoms with Crippen LogP contribution in [0.3, 0.4) is 0 Å². The molecule has 0 bridgehead atoms. The number of hydrogen-bond acceptors (Lipinski definition) is 1. The Labute approximate surface area is 122 Å². The second kappa shape index (κ2) is 6.71. The smallest absolute Gasteiger partial charge is 0.0208 e. The van der Waals surface area contributed by atoms with Crippen LogP contribution in [0, 0.1) is 0 Å². The van der Waals surface area contributed by atoms with Gasteiger partial charge < -0.3 is 5.32 Å². The van der Waals surface area contributed by atoms with Gasteiger partial charge in [0.1, 0.15) is 0 Å². The standard InChI is InChI=1S/C19H23N/c1-3-7-16(8-4-1)15-20-19-13-11-18(12-14-19)17-9-5-2-6-10-17/h1-10,18-20H,11-15H2. The molecule has 2 aromatic carbocycles. The summed E-state index contributed by atoms with van der Waals surface area (Å²) in [5, 5.41) is 3.71. The highest BCUT2D eigenvalue weighted by Crippen LogP contribution is 2.32. The van der Waals surface area contributed by atoms with Crippen LogP contribution in [-0.2, 0) is 6.54 Å². The van der Waals surface area contributed by atoms with E-state index in [1.165, 1.54) is 36.8 Å². The zero-order valence-electron chi connectivity index (χ0n) is 12.0. The van der Waals surface area contributed by atoms with Gasteiger partial charge in [0.25, 0.3) is 0 Å². The number of nitrogens with one attached hydrogen (secondary N) is 1. The number of benzene rings is 2. The Hall–Kier alpha value is -1.60. The van der Waals surface area contributed by atoms with Crippen molar-refractivity contribution in [2.75, 3.05) is 0 Å². The predicted molar refractivity (Wildman–Crippen MR) is 84.7 cm³/mol. The van der Waals surface area contributed by atoms with Gasteiger partial charge in [-0.25, -0.2) is 0 Å². The molecule has 0 spiro atoms. The third-order valence-corrected chi connectivity index (χ3v) is 4.44. The largest absolute Gasteiger partial charge is 0.310 e. The lowest BCUT2D eigenvalue weighted by atomic mass is 9.82. The van der Waals surface area contributed by atoms with Gasteiger partial charge in [-0.15, -0.1) is 0 Å². The fourth-order valence-corrected chi connectivity index (χ4v) is 3.21. The van der Waals surface area contributed by atoms with Crippen LogP contribution in [0.5, 0.6) is 0 Å². The Morgan fingerprint density at radius 1 is 0.750 bits per heavy atom. The first-order chi connectivity index (χ1) is 9.92. The Bertz CT molecular complexity index is 498. The molecule has 1 fully saturated rings. The maximum atomic E-state index is 3.71. The first kappa shape index (κ1) is 13.4. The second-order valence-corrected chi connectivity index (χ2v) is 5.83. The quantitative estimate of drug-likeness (QED) is 0.858. The van der Waals surface area contributed by atoms with Crippen molar-refractivity contribution in [2.45, 2.75) is 44.2 Å². The van der Waals surface area contributed by atoms with Crippen molar-refractivity contribution in [3.05, 3.63) is 71.8 Å². The summed E-state index contributed by atoms with van der Waals surface area (Å²) in [6, 6.07) is 22.4. The molecule has 1 saturated carbocycles. The SMILES string of the molecule is c1ccc(CNC2CCC(c3ccccc3)CC2)cc1. The minimum Gasteiger partial charge on any atom is -0.310 e. The predicted octanol–water partition coefficient (Wildman–Crippen LogP) is 4.50. The lowest BCUT2D eigenvalue weighted by molar-refractivity contribution is 0.341. The summed E-state index contributed by atoms with van der Waals surface area (Å²) in [5.41, 5.74) is 2.91. The molecule has 1 heteroatoms. The summed E-state index contributed by atoms with van der Waals surface area (Å²) < 4.78 is 0. The molecule has 1 aliphatic carbocycles. The lowest BCUT2D eigenvalue weighted by Gasteiger charge is -2.29. The summed E-state index contributed by atoms with van der Waals surface area (Å²) in [7, 11) is 0. The van der Waals surface area contributed by atoms with Crippen molar-refractivity contribution in [1.82, 2.24) is 5.32 Å². The molecule has 0 heterocycles. The van der Waals surface area contributed by atoms with E-state index in [0.29, 0.717) is 6.04 Å². The molecule has 1 aliphatic rings. The summed E-state index contributed by atoms with van der Waals surface area (Å²) in [6.07, 6.45) is 5.23. The van der Waals surface area contributed by atoms with E-state index in [2.05, 4.69) is 66.0 Å². The van der Waals surface area contributed by atoms with E-state index >= 15 is 0 Å². The lowest BCUT2D eigenvalue weighted by Crippen LogP contribution is -2.32. The van der Waals surface area contributed by atoms with Gasteiger partial charge in [-0.3, -0.25) is 0 Å². The average Bonchev–Trinajstić information content (AvgIpc) is 2.55. The Morgan fingerprint density at radius 2 is 1.35 bits per heavy atom. The van der Waals surface area contributed by atoms with E-state index in [-0.39, 0.29) is 0 Å². The first-order valence-electron chi connectivity index (χ1n) is 7.74. The van der Waals surface area contributed by atoms with E-state index in [1.807, 2.05) is 0 Å². The first-order valence-corrected chi connectivity index (χ1v) is 7.74. The van der Waals surface area contributed by atoms with Gasteiger partial charge in [0.15, 0.2) is 0 Å². The third kappa shape index (κ3) is 3.49. The van der Waals surface area contributed by atoms with Gasteiger partial charge in [0.2, 0.25) is 0 Å². The number of rotatable bonds is 4. The van der Waals surface area contributed by atoms with Crippen LogP contribution in [-0.4, -0.2) is 6.04 Å². The molecule has 0 unspecified atom stereocenters. The maximum absolute atomic E-state index is 3.71.